The maximum Gasteiger partial charge on any atom is 0.277 e. The summed E-state index contributed by atoms with van der Waals surface area (Å²) in [4.78, 5) is 52.4. The van der Waals surface area contributed by atoms with Crippen molar-refractivity contribution in [3.63, 3.8) is 0 Å². The third kappa shape index (κ3) is 5.00. The topological polar surface area (TPSA) is 74.8 Å². The standard InChI is InChI=1S/C24H16Cl2N2O4S2/c25-15-13-21(29)27(23(15)31)17-7-1-3-9-19(17)33-11-5-6-12-34-20-10-4-2-8-18(20)28-22(30)14-16(26)24(28)32/h1-10,13-14H,11-12H2. The normalized spacial score (nSPS) is 16.2. The number of hydrogen-bond donors (Lipinski definition) is 0. The molecule has 0 atom stereocenters. The van der Waals surface area contributed by atoms with Crippen LogP contribution >= 0.6 is 46.7 Å². The highest BCUT2D eigenvalue weighted by Gasteiger charge is 2.33. The Morgan fingerprint density at radius 1 is 0.647 bits per heavy atom. The van der Waals surface area contributed by atoms with Crippen LogP contribution in [0.2, 0.25) is 0 Å². The molecule has 4 rings (SSSR count). The molecule has 172 valence electrons. The van der Waals surface area contributed by atoms with E-state index in [4.69, 9.17) is 23.2 Å². The van der Waals surface area contributed by atoms with Crippen LogP contribution in [0.15, 0.2) is 92.7 Å². The van der Waals surface area contributed by atoms with E-state index in [0.29, 0.717) is 22.9 Å². The van der Waals surface area contributed by atoms with Gasteiger partial charge in [-0.15, -0.1) is 23.5 Å². The highest BCUT2D eigenvalue weighted by Crippen LogP contribution is 2.35. The Morgan fingerprint density at radius 2 is 1.03 bits per heavy atom. The number of carbonyl (C=O) groups excluding carboxylic acids is 4. The van der Waals surface area contributed by atoms with E-state index in [-0.39, 0.29) is 10.1 Å². The van der Waals surface area contributed by atoms with Crippen molar-refractivity contribution in [1.29, 1.82) is 0 Å². The molecule has 0 aromatic heterocycles. The van der Waals surface area contributed by atoms with Gasteiger partial charge in [-0.05, 0) is 24.3 Å². The predicted octanol–water partition coefficient (Wildman–Crippen LogP) is 5.12. The fourth-order valence-corrected chi connectivity index (χ4v) is 5.42. The molecule has 10 heteroatoms. The van der Waals surface area contributed by atoms with Gasteiger partial charge in [0.25, 0.3) is 23.6 Å². The van der Waals surface area contributed by atoms with Gasteiger partial charge in [0.2, 0.25) is 0 Å². The van der Waals surface area contributed by atoms with Gasteiger partial charge in [-0.25, -0.2) is 9.80 Å². The molecule has 2 aromatic carbocycles. The number of rotatable bonds is 8. The molecule has 0 saturated carbocycles. The molecule has 2 aromatic rings. The molecule has 0 fully saturated rings. The molecule has 0 N–H and O–H groups in total. The Kier molecular flexibility index (Phi) is 7.63. The van der Waals surface area contributed by atoms with E-state index in [1.807, 2.05) is 36.4 Å². The number of anilines is 2. The van der Waals surface area contributed by atoms with Crippen LogP contribution in [0.3, 0.4) is 0 Å². The third-order valence-corrected chi connectivity index (χ3v) is 7.38. The first kappa shape index (κ1) is 24.3. The molecule has 2 aliphatic heterocycles. The smallest absolute Gasteiger partial charge is 0.269 e. The van der Waals surface area contributed by atoms with E-state index in [1.165, 1.54) is 23.5 Å². The highest BCUT2D eigenvalue weighted by molar-refractivity contribution is 8.00. The first-order chi connectivity index (χ1) is 16.4. The number of benzene rings is 2. The van der Waals surface area contributed by atoms with Gasteiger partial charge >= 0.3 is 0 Å². The zero-order valence-corrected chi connectivity index (χ0v) is 20.6. The average Bonchev–Trinajstić information content (AvgIpc) is 3.23. The number of nitrogens with zero attached hydrogens (tertiary/aromatic N) is 2. The predicted molar refractivity (Wildman–Crippen MR) is 136 cm³/mol. The number of para-hydroxylation sites is 2. The number of imide groups is 2. The lowest BCUT2D eigenvalue weighted by molar-refractivity contribution is -0.121. The number of halogens is 2. The van der Waals surface area contributed by atoms with Crippen molar-refractivity contribution in [2.45, 2.75) is 9.79 Å². The van der Waals surface area contributed by atoms with E-state index >= 15 is 0 Å². The lowest BCUT2D eigenvalue weighted by Crippen LogP contribution is -2.30. The van der Waals surface area contributed by atoms with E-state index in [2.05, 4.69) is 0 Å². The average molecular weight is 531 g/mol. The summed E-state index contributed by atoms with van der Waals surface area (Å²) < 4.78 is 0. The molecule has 0 saturated heterocycles. The second-order valence-electron chi connectivity index (χ2n) is 6.97. The summed E-state index contributed by atoms with van der Waals surface area (Å²) in [5, 5.41) is -0.199. The Balaban J connectivity index is 1.36. The fraction of sp³-hybridized carbons (Fsp3) is 0.0833. The van der Waals surface area contributed by atoms with Gasteiger partial charge < -0.3 is 0 Å². The van der Waals surface area contributed by atoms with Crippen molar-refractivity contribution in [2.24, 2.45) is 0 Å². The van der Waals surface area contributed by atoms with Crippen molar-refractivity contribution in [2.75, 3.05) is 21.3 Å². The summed E-state index contributed by atoms with van der Waals surface area (Å²) in [5.41, 5.74) is 0.997. The van der Waals surface area contributed by atoms with Gasteiger partial charge in [-0.3, -0.25) is 19.2 Å². The Bertz CT molecular complexity index is 1190. The number of hydrogen-bond acceptors (Lipinski definition) is 6. The Hall–Kier alpha value is -2.78. The molecule has 0 aliphatic carbocycles. The molecule has 0 spiro atoms. The van der Waals surface area contributed by atoms with Crippen LogP contribution in [0.4, 0.5) is 11.4 Å². The van der Waals surface area contributed by atoms with E-state index in [0.717, 1.165) is 31.7 Å². The lowest BCUT2D eigenvalue weighted by atomic mass is 10.3. The lowest BCUT2D eigenvalue weighted by Gasteiger charge is -2.17. The second-order valence-corrected chi connectivity index (χ2v) is 9.91. The van der Waals surface area contributed by atoms with Gasteiger partial charge in [0.15, 0.2) is 0 Å². The Morgan fingerprint density at radius 3 is 1.38 bits per heavy atom. The number of carbonyl (C=O) groups is 4. The van der Waals surface area contributed by atoms with Crippen LogP contribution in [0.25, 0.3) is 0 Å². The van der Waals surface area contributed by atoms with Gasteiger partial charge in [-0.2, -0.15) is 0 Å². The minimum atomic E-state index is -0.531. The first-order valence-electron chi connectivity index (χ1n) is 9.98. The van der Waals surface area contributed by atoms with E-state index in [1.54, 1.807) is 24.3 Å². The van der Waals surface area contributed by atoms with Crippen molar-refractivity contribution >= 4 is 81.7 Å². The molecule has 2 heterocycles. The quantitative estimate of drug-likeness (QED) is 0.268. The molecule has 4 amide bonds. The van der Waals surface area contributed by atoms with Crippen LogP contribution in [-0.2, 0) is 19.2 Å². The SMILES string of the molecule is O=C1C=C(Cl)C(=O)N1c1ccccc1SCC=CCSc1ccccc1N1C(=O)C=C(Cl)C1=O. The number of amides is 4. The summed E-state index contributed by atoms with van der Waals surface area (Å²) >= 11 is 14.6. The molecule has 34 heavy (non-hydrogen) atoms. The Labute approximate surface area is 214 Å². The fourth-order valence-electron chi connectivity index (χ4n) is 3.28. The van der Waals surface area contributed by atoms with Crippen molar-refractivity contribution in [1.82, 2.24) is 0 Å². The monoisotopic (exact) mass is 530 g/mol. The molecule has 2 aliphatic rings. The van der Waals surface area contributed by atoms with Crippen molar-refractivity contribution in [3.8, 4) is 0 Å². The molecule has 6 nitrogen and oxygen atoms in total. The third-order valence-electron chi connectivity index (χ3n) is 4.81. The van der Waals surface area contributed by atoms with Crippen LogP contribution in [0, 0.1) is 0 Å². The maximum atomic E-state index is 12.2. The zero-order valence-electron chi connectivity index (χ0n) is 17.4. The number of thioether (sulfide) groups is 2. The largest absolute Gasteiger partial charge is 0.277 e. The molecular formula is C24H16Cl2N2O4S2. The van der Waals surface area contributed by atoms with Crippen LogP contribution in [0.1, 0.15) is 0 Å². The minimum absolute atomic E-state index is 0.0996. The minimum Gasteiger partial charge on any atom is -0.269 e. The van der Waals surface area contributed by atoms with Crippen LogP contribution in [-0.4, -0.2) is 35.1 Å². The van der Waals surface area contributed by atoms with E-state index < -0.39 is 23.6 Å². The summed E-state index contributed by atoms with van der Waals surface area (Å²) in [6.07, 6.45) is 6.18. The molecule has 0 bridgehead atoms. The van der Waals surface area contributed by atoms with Gasteiger partial charge in [-0.1, -0.05) is 59.6 Å². The molecule has 0 radical (unpaired) electrons. The zero-order chi connectivity index (χ0) is 24.2. The summed E-state index contributed by atoms with van der Waals surface area (Å²) in [7, 11) is 0. The highest BCUT2D eigenvalue weighted by atomic mass is 35.5. The maximum absolute atomic E-state index is 12.2. The van der Waals surface area contributed by atoms with Crippen molar-refractivity contribution in [3.05, 3.63) is 82.9 Å². The second kappa shape index (κ2) is 10.7. The summed E-state index contributed by atoms with van der Waals surface area (Å²) in [6.45, 7) is 0. The summed E-state index contributed by atoms with van der Waals surface area (Å²) in [5.74, 6) is -0.757. The van der Waals surface area contributed by atoms with E-state index in [9.17, 15) is 19.2 Å². The van der Waals surface area contributed by atoms with Crippen LogP contribution < -0.4 is 9.80 Å². The van der Waals surface area contributed by atoms with Crippen LogP contribution in [0.5, 0.6) is 0 Å². The molecular weight excluding hydrogens is 515 g/mol. The van der Waals surface area contributed by atoms with Gasteiger partial charge in [0.05, 0.1) is 11.4 Å². The van der Waals surface area contributed by atoms with Gasteiger partial charge in [0, 0.05) is 33.4 Å². The van der Waals surface area contributed by atoms with Gasteiger partial charge in [0.1, 0.15) is 10.1 Å². The summed E-state index contributed by atoms with van der Waals surface area (Å²) in [6, 6.07) is 14.3. The first-order valence-corrected chi connectivity index (χ1v) is 12.7. The molecule has 0 unspecified atom stereocenters. The van der Waals surface area contributed by atoms with Crippen molar-refractivity contribution < 1.29 is 19.2 Å².